The third-order valence-corrected chi connectivity index (χ3v) is 4.45. The van der Waals surface area contributed by atoms with E-state index in [1.807, 2.05) is 0 Å². The summed E-state index contributed by atoms with van der Waals surface area (Å²) in [6.07, 6.45) is 1.84. The van der Waals surface area contributed by atoms with Crippen molar-refractivity contribution >= 4 is 23.2 Å². The molecule has 0 radical (unpaired) electrons. The zero-order chi connectivity index (χ0) is 16.8. The highest BCUT2D eigenvalue weighted by Crippen LogP contribution is 2.22. The highest BCUT2D eigenvalue weighted by molar-refractivity contribution is 7.12. The molecule has 1 amide bonds. The first-order valence-corrected chi connectivity index (χ1v) is 8.15. The number of amides is 1. The van der Waals surface area contributed by atoms with E-state index in [4.69, 9.17) is 9.84 Å². The minimum atomic E-state index is -0.954. The number of carboxylic acids is 1. The first-order valence-electron chi connectivity index (χ1n) is 7.33. The van der Waals surface area contributed by atoms with Gasteiger partial charge in [0.1, 0.15) is 0 Å². The molecule has 0 aliphatic heterocycles. The van der Waals surface area contributed by atoms with Crippen LogP contribution in [-0.4, -0.2) is 36.2 Å². The van der Waals surface area contributed by atoms with E-state index >= 15 is 0 Å². The Morgan fingerprint density at radius 2 is 2.09 bits per heavy atom. The summed E-state index contributed by atoms with van der Waals surface area (Å²) in [4.78, 5) is 25.5. The molecule has 1 atom stereocenters. The van der Waals surface area contributed by atoms with Gasteiger partial charge in [-0.1, -0.05) is 0 Å². The summed E-state index contributed by atoms with van der Waals surface area (Å²) < 4.78 is 5.02. The maximum atomic E-state index is 12.0. The van der Waals surface area contributed by atoms with Gasteiger partial charge < -0.3 is 15.2 Å². The van der Waals surface area contributed by atoms with E-state index in [9.17, 15) is 9.59 Å². The molecule has 2 N–H and O–H groups in total. The first kappa shape index (κ1) is 18.6. The third kappa shape index (κ3) is 6.15. The molecule has 22 heavy (non-hydrogen) atoms. The van der Waals surface area contributed by atoms with Gasteiger partial charge in [-0.3, -0.25) is 9.59 Å². The number of aliphatic carboxylic acids is 1. The van der Waals surface area contributed by atoms with Gasteiger partial charge in [-0.2, -0.15) is 0 Å². The Morgan fingerprint density at radius 3 is 2.59 bits per heavy atom. The zero-order valence-corrected chi connectivity index (χ0v) is 14.5. The molecule has 0 aliphatic rings. The summed E-state index contributed by atoms with van der Waals surface area (Å²) in [7, 11) is 1.49. The van der Waals surface area contributed by atoms with Crippen molar-refractivity contribution in [3.05, 3.63) is 21.4 Å². The SMILES string of the molecule is COCC(C)(CC(=O)O)NC(=O)CCCc1cc(C)sc1C. The first-order chi connectivity index (χ1) is 10.3. The summed E-state index contributed by atoms with van der Waals surface area (Å²) in [5.41, 5.74) is 0.424. The Labute approximate surface area is 135 Å². The normalized spacial score (nSPS) is 13.6. The molecule has 0 saturated heterocycles. The maximum absolute atomic E-state index is 12.0. The number of aryl methyl sites for hydroxylation is 3. The summed E-state index contributed by atoms with van der Waals surface area (Å²) in [6, 6.07) is 2.16. The number of thiophene rings is 1. The Balaban J connectivity index is 2.47. The lowest BCUT2D eigenvalue weighted by Crippen LogP contribution is -2.50. The zero-order valence-electron chi connectivity index (χ0n) is 13.7. The molecule has 0 aromatic carbocycles. The number of rotatable bonds is 9. The fourth-order valence-electron chi connectivity index (χ4n) is 2.55. The molecule has 0 spiro atoms. The monoisotopic (exact) mass is 327 g/mol. The average molecular weight is 327 g/mol. The molecule has 1 rings (SSSR count). The molecule has 0 saturated carbocycles. The molecule has 1 heterocycles. The predicted molar refractivity (Wildman–Crippen MR) is 87.4 cm³/mol. The standard InChI is InChI=1S/C16H25NO4S/c1-11-8-13(12(2)22-11)6-5-7-14(18)17-16(3,10-21-4)9-15(19)20/h8H,5-7,9-10H2,1-4H3,(H,17,18)(H,19,20). The molecule has 0 bridgehead atoms. The van der Waals surface area contributed by atoms with E-state index in [1.165, 1.54) is 22.4 Å². The van der Waals surface area contributed by atoms with Crippen molar-refractivity contribution in [3.63, 3.8) is 0 Å². The van der Waals surface area contributed by atoms with Gasteiger partial charge in [0, 0.05) is 23.3 Å². The van der Waals surface area contributed by atoms with Crippen molar-refractivity contribution < 1.29 is 19.4 Å². The van der Waals surface area contributed by atoms with Crippen molar-refractivity contribution in [2.75, 3.05) is 13.7 Å². The van der Waals surface area contributed by atoms with Crippen LogP contribution in [0.15, 0.2) is 6.07 Å². The van der Waals surface area contributed by atoms with Gasteiger partial charge in [-0.25, -0.2) is 0 Å². The largest absolute Gasteiger partial charge is 0.481 e. The van der Waals surface area contributed by atoms with Crippen LogP contribution in [-0.2, 0) is 20.7 Å². The van der Waals surface area contributed by atoms with Crippen LogP contribution in [0.2, 0.25) is 0 Å². The van der Waals surface area contributed by atoms with Gasteiger partial charge in [0.25, 0.3) is 0 Å². The number of nitrogens with one attached hydrogen (secondary N) is 1. The highest BCUT2D eigenvalue weighted by Gasteiger charge is 2.29. The fourth-order valence-corrected chi connectivity index (χ4v) is 3.53. The Hall–Kier alpha value is -1.40. The van der Waals surface area contributed by atoms with E-state index in [0.29, 0.717) is 6.42 Å². The third-order valence-electron chi connectivity index (χ3n) is 3.44. The lowest BCUT2D eigenvalue weighted by molar-refractivity contribution is -0.139. The molecule has 1 unspecified atom stereocenters. The highest BCUT2D eigenvalue weighted by atomic mass is 32.1. The van der Waals surface area contributed by atoms with Gasteiger partial charge >= 0.3 is 5.97 Å². The Bertz CT molecular complexity index is 526. The number of carbonyl (C=O) groups excluding carboxylic acids is 1. The Kier molecular flexibility index (Phi) is 7.03. The van der Waals surface area contributed by atoms with Crippen molar-refractivity contribution in [2.45, 2.75) is 52.0 Å². The van der Waals surface area contributed by atoms with Crippen molar-refractivity contribution in [3.8, 4) is 0 Å². The summed E-state index contributed by atoms with van der Waals surface area (Å²) >= 11 is 1.77. The number of methoxy groups -OCH3 is 1. The van der Waals surface area contributed by atoms with Gasteiger partial charge in [0.05, 0.1) is 18.6 Å². The topological polar surface area (TPSA) is 75.6 Å². The smallest absolute Gasteiger partial charge is 0.305 e. The summed E-state index contributed by atoms with van der Waals surface area (Å²) in [5, 5.41) is 11.7. The maximum Gasteiger partial charge on any atom is 0.305 e. The molecule has 0 aliphatic carbocycles. The summed E-state index contributed by atoms with van der Waals surface area (Å²) in [5.74, 6) is -1.09. The second-order valence-electron chi connectivity index (χ2n) is 5.90. The summed E-state index contributed by atoms with van der Waals surface area (Å²) in [6.45, 7) is 6.04. The van der Waals surface area contributed by atoms with Crippen molar-refractivity contribution in [2.24, 2.45) is 0 Å². The van der Waals surface area contributed by atoms with Crippen molar-refractivity contribution in [1.82, 2.24) is 5.32 Å². The molecule has 0 fully saturated rings. The van der Waals surface area contributed by atoms with E-state index in [0.717, 1.165) is 12.8 Å². The van der Waals surface area contributed by atoms with Crippen LogP contribution in [0.1, 0.15) is 41.5 Å². The average Bonchev–Trinajstić information content (AvgIpc) is 2.66. The fraction of sp³-hybridized carbons (Fsp3) is 0.625. The molecule has 6 heteroatoms. The van der Waals surface area contributed by atoms with Gasteiger partial charge in [0.15, 0.2) is 0 Å². The molecule has 5 nitrogen and oxygen atoms in total. The van der Waals surface area contributed by atoms with Gasteiger partial charge in [0.2, 0.25) is 5.91 Å². The van der Waals surface area contributed by atoms with E-state index < -0.39 is 11.5 Å². The predicted octanol–water partition coefficient (Wildman–Crippen LogP) is 2.68. The van der Waals surface area contributed by atoms with Crippen LogP contribution >= 0.6 is 11.3 Å². The number of hydrogen-bond acceptors (Lipinski definition) is 4. The minimum Gasteiger partial charge on any atom is -0.481 e. The lowest BCUT2D eigenvalue weighted by atomic mass is 9.98. The minimum absolute atomic E-state index is 0.134. The number of carbonyl (C=O) groups is 2. The Morgan fingerprint density at radius 1 is 1.41 bits per heavy atom. The number of hydrogen-bond donors (Lipinski definition) is 2. The van der Waals surface area contributed by atoms with E-state index in [1.54, 1.807) is 18.3 Å². The van der Waals surface area contributed by atoms with Crippen LogP contribution in [0.25, 0.3) is 0 Å². The van der Waals surface area contributed by atoms with Crippen LogP contribution in [0, 0.1) is 13.8 Å². The molecular formula is C16H25NO4S. The van der Waals surface area contributed by atoms with Crippen molar-refractivity contribution in [1.29, 1.82) is 0 Å². The second kappa shape index (κ2) is 8.29. The molecule has 1 aromatic heterocycles. The van der Waals surface area contributed by atoms with Gasteiger partial charge in [-0.05, 0) is 45.2 Å². The molecule has 124 valence electrons. The van der Waals surface area contributed by atoms with E-state index in [2.05, 4.69) is 25.2 Å². The number of ether oxygens (including phenoxy) is 1. The van der Waals surface area contributed by atoms with E-state index in [-0.39, 0.29) is 18.9 Å². The molecular weight excluding hydrogens is 302 g/mol. The second-order valence-corrected chi connectivity index (χ2v) is 7.36. The number of carboxylic acid groups (broad SMARTS) is 1. The molecule has 1 aromatic rings. The van der Waals surface area contributed by atoms with Crippen LogP contribution in [0.4, 0.5) is 0 Å². The van der Waals surface area contributed by atoms with Crippen LogP contribution < -0.4 is 5.32 Å². The van der Waals surface area contributed by atoms with Crippen LogP contribution in [0.3, 0.4) is 0 Å². The quantitative estimate of drug-likeness (QED) is 0.731. The van der Waals surface area contributed by atoms with Crippen LogP contribution in [0.5, 0.6) is 0 Å². The van der Waals surface area contributed by atoms with Gasteiger partial charge in [-0.15, -0.1) is 11.3 Å². The lowest BCUT2D eigenvalue weighted by Gasteiger charge is -2.28.